The summed E-state index contributed by atoms with van der Waals surface area (Å²) in [6.45, 7) is 5.05. The smallest absolute Gasteiger partial charge is 0.374 e. The zero-order chi connectivity index (χ0) is 18.0. The van der Waals surface area contributed by atoms with Gasteiger partial charge >= 0.3 is 5.97 Å². The molecule has 6 nitrogen and oxygen atoms in total. The summed E-state index contributed by atoms with van der Waals surface area (Å²) in [5, 5.41) is 0.412. The van der Waals surface area contributed by atoms with E-state index < -0.39 is 5.97 Å². The largest absolute Gasteiger partial charge is 0.450 e. The van der Waals surface area contributed by atoms with Crippen molar-refractivity contribution in [3.63, 3.8) is 0 Å². The van der Waals surface area contributed by atoms with Gasteiger partial charge in [-0.1, -0.05) is 18.6 Å². The predicted octanol–water partition coefficient (Wildman–Crippen LogP) is 2.52. The minimum absolute atomic E-state index is 0.193. The van der Waals surface area contributed by atoms with Gasteiger partial charge in [0.25, 0.3) is 5.91 Å². The quantitative estimate of drug-likeness (QED) is 0.800. The fourth-order valence-corrected chi connectivity index (χ4v) is 2.92. The van der Waals surface area contributed by atoms with Gasteiger partial charge in [-0.3, -0.25) is 9.59 Å². The summed E-state index contributed by atoms with van der Waals surface area (Å²) in [5.41, 5.74) is 0.936. The van der Waals surface area contributed by atoms with Crippen LogP contribution in [0.5, 0.6) is 0 Å². The number of fused-ring (bicyclic) bond motifs is 1. The summed E-state index contributed by atoms with van der Waals surface area (Å²) in [5.74, 6) is -0.610. The first kappa shape index (κ1) is 17.2. The molecule has 0 radical (unpaired) electrons. The molecule has 1 saturated heterocycles. The lowest BCUT2D eigenvalue weighted by Crippen LogP contribution is -2.40. The molecule has 1 fully saturated rings. The van der Waals surface area contributed by atoms with Crippen LogP contribution >= 0.6 is 0 Å². The van der Waals surface area contributed by atoms with Gasteiger partial charge in [-0.25, -0.2) is 4.79 Å². The van der Waals surface area contributed by atoms with Crippen LogP contribution in [-0.4, -0.2) is 36.5 Å². The first-order chi connectivity index (χ1) is 11.9. The van der Waals surface area contributed by atoms with Crippen LogP contribution in [0.4, 0.5) is 0 Å². The molecule has 1 amide bonds. The van der Waals surface area contributed by atoms with Crippen molar-refractivity contribution in [1.82, 2.24) is 4.90 Å². The molecule has 0 aliphatic carbocycles. The molecule has 2 aromatic rings. The molecular weight excluding hydrogens is 322 g/mol. The van der Waals surface area contributed by atoms with Crippen LogP contribution in [0.3, 0.4) is 0 Å². The van der Waals surface area contributed by atoms with Gasteiger partial charge in [-0.05, 0) is 37.8 Å². The Hall–Kier alpha value is -2.63. The second-order valence-electron chi connectivity index (χ2n) is 6.61. The Bertz CT molecular complexity index is 862. The lowest BCUT2D eigenvalue weighted by molar-refractivity contribution is -0.135. The van der Waals surface area contributed by atoms with Crippen molar-refractivity contribution >= 4 is 22.8 Å². The van der Waals surface area contributed by atoms with Crippen LogP contribution in [0.1, 0.15) is 35.9 Å². The Kier molecular flexibility index (Phi) is 4.88. The molecule has 1 aromatic carbocycles. The fraction of sp³-hybridized carbons (Fsp3) is 0.421. The van der Waals surface area contributed by atoms with Crippen molar-refractivity contribution in [2.75, 3.05) is 19.7 Å². The minimum Gasteiger partial charge on any atom is -0.450 e. The third-order valence-corrected chi connectivity index (χ3v) is 4.55. The SMILES string of the molecule is Cc1ccc2oc(C(=O)OCC(=O)N3CCC(C)CC3)cc(=O)c2c1. The molecule has 3 rings (SSSR count). The lowest BCUT2D eigenvalue weighted by atomic mass is 9.99. The average Bonchev–Trinajstić information content (AvgIpc) is 2.60. The second-order valence-corrected chi connectivity index (χ2v) is 6.61. The van der Waals surface area contributed by atoms with Gasteiger partial charge in [0, 0.05) is 19.2 Å². The van der Waals surface area contributed by atoms with Crippen LogP contribution in [0, 0.1) is 12.8 Å². The molecule has 0 bridgehead atoms. The normalized spacial score (nSPS) is 15.4. The van der Waals surface area contributed by atoms with Crippen LogP contribution in [0.25, 0.3) is 11.0 Å². The van der Waals surface area contributed by atoms with E-state index in [4.69, 9.17) is 9.15 Å². The number of nitrogens with zero attached hydrogens (tertiary/aromatic N) is 1. The average molecular weight is 343 g/mol. The number of amides is 1. The molecule has 2 heterocycles. The van der Waals surface area contributed by atoms with Crippen LogP contribution < -0.4 is 5.43 Å². The summed E-state index contributed by atoms with van der Waals surface area (Å²) in [7, 11) is 0. The molecule has 1 aliphatic rings. The molecule has 0 atom stereocenters. The maximum absolute atomic E-state index is 12.1. The van der Waals surface area contributed by atoms with Crippen molar-refractivity contribution in [2.45, 2.75) is 26.7 Å². The Morgan fingerprint density at radius 3 is 2.68 bits per heavy atom. The van der Waals surface area contributed by atoms with Gasteiger partial charge in [-0.15, -0.1) is 0 Å². The third-order valence-electron chi connectivity index (χ3n) is 4.55. The number of likely N-dealkylation sites (tertiary alicyclic amines) is 1. The van der Waals surface area contributed by atoms with E-state index in [1.54, 1.807) is 23.1 Å². The first-order valence-electron chi connectivity index (χ1n) is 8.43. The monoisotopic (exact) mass is 343 g/mol. The molecule has 0 saturated carbocycles. The summed E-state index contributed by atoms with van der Waals surface area (Å²) < 4.78 is 10.5. The van der Waals surface area contributed by atoms with Crippen molar-refractivity contribution in [3.05, 3.63) is 45.8 Å². The number of rotatable bonds is 3. The Morgan fingerprint density at radius 2 is 1.96 bits per heavy atom. The number of carbonyl (C=O) groups excluding carboxylic acids is 2. The molecule has 0 N–H and O–H groups in total. The van der Waals surface area contributed by atoms with E-state index in [0.29, 0.717) is 30.0 Å². The molecule has 1 aromatic heterocycles. The number of hydrogen-bond acceptors (Lipinski definition) is 5. The topological polar surface area (TPSA) is 76.8 Å². The number of hydrogen-bond donors (Lipinski definition) is 0. The van der Waals surface area contributed by atoms with Crippen molar-refractivity contribution in [2.24, 2.45) is 5.92 Å². The molecule has 6 heteroatoms. The Balaban J connectivity index is 1.67. The van der Waals surface area contributed by atoms with Gasteiger partial charge in [0.1, 0.15) is 5.58 Å². The van der Waals surface area contributed by atoms with E-state index in [1.807, 2.05) is 6.92 Å². The highest BCUT2D eigenvalue weighted by molar-refractivity contribution is 5.90. The third kappa shape index (κ3) is 3.90. The molecule has 132 valence electrons. The molecule has 25 heavy (non-hydrogen) atoms. The minimum atomic E-state index is -0.807. The van der Waals surface area contributed by atoms with Crippen molar-refractivity contribution in [3.8, 4) is 0 Å². The predicted molar refractivity (Wildman–Crippen MR) is 92.5 cm³/mol. The lowest BCUT2D eigenvalue weighted by Gasteiger charge is -2.30. The molecular formula is C19H21NO5. The fourth-order valence-electron chi connectivity index (χ4n) is 2.92. The van der Waals surface area contributed by atoms with E-state index in [9.17, 15) is 14.4 Å². The van der Waals surface area contributed by atoms with Gasteiger partial charge < -0.3 is 14.1 Å². The van der Waals surface area contributed by atoms with E-state index in [-0.39, 0.29) is 23.7 Å². The highest BCUT2D eigenvalue weighted by atomic mass is 16.5. The van der Waals surface area contributed by atoms with E-state index in [1.165, 1.54) is 0 Å². The van der Waals surface area contributed by atoms with Crippen LogP contribution in [-0.2, 0) is 9.53 Å². The highest BCUT2D eigenvalue weighted by Gasteiger charge is 2.22. The maximum Gasteiger partial charge on any atom is 0.374 e. The summed E-state index contributed by atoms with van der Waals surface area (Å²) in [6.07, 6.45) is 1.91. The van der Waals surface area contributed by atoms with E-state index in [2.05, 4.69) is 6.92 Å². The summed E-state index contributed by atoms with van der Waals surface area (Å²) >= 11 is 0. The molecule has 0 spiro atoms. The van der Waals surface area contributed by atoms with E-state index in [0.717, 1.165) is 24.5 Å². The van der Waals surface area contributed by atoms with Crippen LogP contribution in [0.2, 0.25) is 0 Å². The molecule has 1 aliphatic heterocycles. The van der Waals surface area contributed by atoms with Crippen LogP contribution in [0.15, 0.2) is 33.5 Å². The van der Waals surface area contributed by atoms with Crippen molar-refractivity contribution in [1.29, 1.82) is 0 Å². The zero-order valence-electron chi connectivity index (χ0n) is 14.4. The zero-order valence-corrected chi connectivity index (χ0v) is 14.4. The van der Waals surface area contributed by atoms with Gasteiger partial charge in [-0.2, -0.15) is 0 Å². The number of carbonyl (C=O) groups is 2. The number of piperidine rings is 1. The summed E-state index contributed by atoms with van der Waals surface area (Å²) in [4.78, 5) is 38.1. The van der Waals surface area contributed by atoms with Gasteiger partial charge in [0.2, 0.25) is 5.76 Å². The van der Waals surface area contributed by atoms with E-state index >= 15 is 0 Å². The molecule has 0 unspecified atom stereocenters. The number of aryl methyl sites for hydroxylation is 1. The number of ether oxygens (including phenoxy) is 1. The van der Waals surface area contributed by atoms with Gasteiger partial charge in [0.15, 0.2) is 12.0 Å². The first-order valence-corrected chi connectivity index (χ1v) is 8.43. The summed E-state index contributed by atoms with van der Waals surface area (Å²) in [6, 6.07) is 6.25. The number of esters is 1. The standard InChI is InChI=1S/C19H21NO5/c1-12-5-7-20(8-6-12)18(22)11-24-19(23)17-10-15(21)14-9-13(2)3-4-16(14)25-17/h3-4,9-10,12H,5-8,11H2,1-2H3. The number of benzene rings is 1. The Morgan fingerprint density at radius 1 is 1.24 bits per heavy atom. The van der Waals surface area contributed by atoms with Gasteiger partial charge in [0.05, 0.1) is 5.39 Å². The maximum atomic E-state index is 12.1. The Labute approximate surface area is 145 Å². The van der Waals surface area contributed by atoms with Crippen molar-refractivity contribution < 1.29 is 18.7 Å². The highest BCUT2D eigenvalue weighted by Crippen LogP contribution is 2.17. The second kappa shape index (κ2) is 7.09.